The summed E-state index contributed by atoms with van der Waals surface area (Å²) in [6, 6.07) is 24.3. The molecule has 0 radical (unpaired) electrons. The lowest BCUT2D eigenvalue weighted by atomic mass is 9.99. The van der Waals surface area contributed by atoms with Crippen molar-refractivity contribution in [2.24, 2.45) is 0 Å². The minimum absolute atomic E-state index is 0.284. The number of carbonyl (C=O) groups is 2. The van der Waals surface area contributed by atoms with Crippen LogP contribution in [0.3, 0.4) is 0 Å². The van der Waals surface area contributed by atoms with Gasteiger partial charge in [-0.2, -0.15) is 4.98 Å². The smallest absolute Gasteiger partial charge is 0.339 e. The normalized spacial score (nSPS) is 11.6. The van der Waals surface area contributed by atoms with Gasteiger partial charge in [0.05, 0.1) is 5.56 Å². The molecule has 0 saturated carbocycles. The molecule has 3 aromatic carbocycles. The molecule has 6 heteroatoms. The third-order valence-electron chi connectivity index (χ3n) is 4.52. The fraction of sp³-hybridized carbons (Fsp3) is 0.0833. The Morgan fingerprint density at radius 1 is 0.833 bits per heavy atom. The SMILES string of the molecule is Cc1noc(-c2ccc(C(=O)OC(C(=O)c3ccccc3)c3ccccc3)cc2)n1. The number of carbonyl (C=O) groups excluding carboxylic acids is 2. The summed E-state index contributed by atoms with van der Waals surface area (Å²) in [5, 5.41) is 3.76. The Balaban J connectivity index is 1.58. The van der Waals surface area contributed by atoms with Crippen molar-refractivity contribution in [3.8, 4) is 11.5 Å². The number of Topliss-reactive ketones (excluding diaryl/α,β-unsaturated/α-hetero) is 1. The largest absolute Gasteiger partial charge is 0.445 e. The van der Waals surface area contributed by atoms with Gasteiger partial charge in [0.2, 0.25) is 5.78 Å². The first-order valence-corrected chi connectivity index (χ1v) is 9.38. The molecule has 4 rings (SSSR count). The summed E-state index contributed by atoms with van der Waals surface area (Å²) < 4.78 is 10.8. The number of aryl methyl sites for hydroxylation is 1. The summed E-state index contributed by atoms with van der Waals surface area (Å²) in [6.45, 7) is 1.73. The Labute approximate surface area is 173 Å². The summed E-state index contributed by atoms with van der Waals surface area (Å²) in [5.41, 5.74) is 2.09. The maximum absolute atomic E-state index is 13.0. The van der Waals surface area contributed by atoms with Gasteiger partial charge >= 0.3 is 5.97 Å². The fourth-order valence-corrected chi connectivity index (χ4v) is 2.99. The van der Waals surface area contributed by atoms with E-state index in [2.05, 4.69) is 10.1 Å². The van der Waals surface area contributed by atoms with Crippen LogP contribution >= 0.6 is 0 Å². The van der Waals surface area contributed by atoms with E-state index < -0.39 is 12.1 Å². The Morgan fingerprint density at radius 2 is 1.47 bits per heavy atom. The summed E-state index contributed by atoms with van der Waals surface area (Å²) in [5.74, 6) is 0.0157. The van der Waals surface area contributed by atoms with E-state index in [1.54, 1.807) is 79.7 Å². The van der Waals surface area contributed by atoms with Crippen molar-refractivity contribution in [1.82, 2.24) is 10.1 Å². The molecule has 1 atom stereocenters. The number of nitrogens with zero attached hydrogens (tertiary/aromatic N) is 2. The molecule has 0 bridgehead atoms. The lowest BCUT2D eigenvalue weighted by Crippen LogP contribution is -2.20. The molecule has 0 saturated heterocycles. The molecule has 0 N–H and O–H groups in total. The van der Waals surface area contributed by atoms with Crippen molar-refractivity contribution >= 4 is 11.8 Å². The summed E-state index contributed by atoms with van der Waals surface area (Å²) in [7, 11) is 0. The van der Waals surface area contributed by atoms with Gasteiger partial charge in [-0.1, -0.05) is 65.8 Å². The van der Waals surface area contributed by atoms with Crippen LogP contribution in [0.5, 0.6) is 0 Å². The molecular weight excluding hydrogens is 380 g/mol. The van der Waals surface area contributed by atoms with Crippen LogP contribution in [0.1, 0.15) is 38.2 Å². The number of hydrogen-bond donors (Lipinski definition) is 0. The monoisotopic (exact) mass is 398 g/mol. The van der Waals surface area contributed by atoms with Gasteiger partial charge in [-0.15, -0.1) is 0 Å². The number of rotatable bonds is 6. The minimum Gasteiger partial charge on any atom is -0.445 e. The molecular formula is C24H18N2O4. The van der Waals surface area contributed by atoms with Gasteiger partial charge in [0.15, 0.2) is 11.9 Å². The average Bonchev–Trinajstić information content (AvgIpc) is 3.24. The van der Waals surface area contributed by atoms with Gasteiger partial charge < -0.3 is 9.26 Å². The number of ether oxygens (including phenoxy) is 1. The quantitative estimate of drug-likeness (QED) is 0.342. The van der Waals surface area contributed by atoms with E-state index in [0.717, 1.165) is 0 Å². The third kappa shape index (κ3) is 4.17. The van der Waals surface area contributed by atoms with Crippen molar-refractivity contribution in [1.29, 1.82) is 0 Å². The second-order valence-electron chi connectivity index (χ2n) is 6.65. The predicted octanol–water partition coefficient (Wildman–Crippen LogP) is 4.83. The zero-order valence-electron chi connectivity index (χ0n) is 16.2. The first-order valence-electron chi connectivity index (χ1n) is 9.38. The molecule has 0 amide bonds. The van der Waals surface area contributed by atoms with E-state index in [4.69, 9.17) is 9.26 Å². The van der Waals surface area contributed by atoms with Gasteiger partial charge in [0.1, 0.15) is 0 Å². The van der Waals surface area contributed by atoms with Crippen LogP contribution in [0, 0.1) is 6.92 Å². The summed E-state index contributed by atoms with van der Waals surface area (Å²) in [6.07, 6.45) is -1.04. The Morgan fingerprint density at radius 3 is 2.07 bits per heavy atom. The first-order chi connectivity index (χ1) is 14.6. The second kappa shape index (κ2) is 8.53. The molecule has 0 aliphatic carbocycles. The molecule has 0 spiro atoms. The van der Waals surface area contributed by atoms with Crippen LogP contribution in [0.2, 0.25) is 0 Å². The van der Waals surface area contributed by atoms with Gasteiger partial charge in [0.25, 0.3) is 5.89 Å². The molecule has 0 fully saturated rings. The molecule has 1 unspecified atom stereocenters. The average molecular weight is 398 g/mol. The van der Waals surface area contributed by atoms with Crippen LogP contribution < -0.4 is 0 Å². The lowest BCUT2D eigenvalue weighted by molar-refractivity contribution is 0.0280. The second-order valence-corrected chi connectivity index (χ2v) is 6.65. The summed E-state index contributed by atoms with van der Waals surface area (Å²) in [4.78, 5) is 30.0. The fourth-order valence-electron chi connectivity index (χ4n) is 2.99. The molecule has 1 heterocycles. The van der Waals surface area contributed by atoms with E-state index in [-0.39, 0.29) is 5.78 Å². The maximum atomic E-state index is 13.0. The number of benzene rings is 3. The van der Waals surface area contributed by atoms with Crippen LogP contribution in [0.4, 0.5) is 0 Å². The number of hydrogen-bond acceptors (Lipinski definition) is 6. The highest BCUT2D eigenvalue weighted by molar-refractivity contribution is 6.02. The van der Waals surface area contributed by atoms with Crippen molar-refractivity contribution in [2.75, 3.05) is 0 Å². The number of ketones is 1. The van der Waals surface area contributed by atoms with Gasteiger partial charge in [0, 0.05) is 16.7 Å². The highest BCUT2D eigenvalue weighted by Crippen LogP contribution is 2.25. The van der Waals surface area contributed by atoms with Gasteiger partial charge in [-0.3, -0.25) is 4.79 Å². The zero-order chi connectivity index (χ0) is 20.9. The van der Waals surface area contributed by atoms with Crippen molar-refractivity contribution < 1.29 is 18.8 Å². The van der Waals surface area contributed by atoms with Crippen LogP contribution in [-0.2, 0) is 4.74 Å². The van der Waals surface area contributed by atoms with Gasteiger partial charge in [-0.25, -0.2) is 4.79 Å². The Kier molecular flexibility index (Phi) is 5.48. The molecule has 0 aliphatic rings. The Hall–Kier alpha value is -4.06. The zero-order valence-corrected chi connectivity index (χ0v) is 16.2. The predicted molar refractivity (Wildman–Crippen MR) is 110 cm³/mol. The van der Waals surface area contributed by atoms with E-state index in [1.807, 2.05) is 12.1 Å². The van der Waals surface area contributed by atoms with Gasteiger partial charge in [-0.05, 0) is 31.2 Å². The molecule has 148 valence electrons. The topological polar surface area (TPSA) is 82.3 Å². The van der Waals surface area contributed by atoms with Crippen molar-refractivity contribution in [2.45, 2.75) is 13.0 Å². The standard InChI is InChI=1S/C24H18N2O4/c1-16-25-23(30-26-16)19-12-14-20(15-13-19)24(28)29-22(18-10-6-3-7-11-18)21(27)17-8-4-2-5-9-17/h2-15,22H,1H3. The lowest BCUT2D eigenvalue weighted by Gasteiger charge is -2.17. The van der Waals surface area contributed by atoms with E-state index >= 15 is 0 Å². The van der Waals surface area contributed by atoms with Crippen LogP contribution in [0.15, 0.2) is 89.5 Å². The molecule has 1 aromatic heterocycles. The van der Waals surface area contributed by atoms with Crippen LogP contribution in [0.25, 0.3) is 11.5 Å². The maximum Gasteiger partial charge on any atom is 0.339 e. The molecule has 6 nitrogen and oxygen atoms in total. The van der Waals surface area contributed by atoms with E-state index in [9.17, 15) is 9.59 Å². The highest BCUT2D eigenvalue weighted by atomic mass is 16.5. The van der Waals surface area contributed by atoms with Crippen LogP contribution in [-0.4, -0.2) is 21.9 Å². The number of esters is 1. The first kappa shape index (κ1) is 19.3. The molecule has 0 aliphatic heterocycles. The van der Waals surface area contributed by atoms with E-state index in [1.165, 1.54) is 0 Å². The van der Waals surface area contributed by atoms with Crippen molar-refractivity contribution in [3.05, 3.63) is 107 Å². The minimum atomic E-state index is -1.04. The van der Waals surface area contributed by atoms with E-state index in [0.29, 0.717) is 34.0 Å². The highest BCUT2D eigenvalue weighted by Gasteiger charge is 2.26. The Bertz CT molecular complexity index is 1150. The van der Waals surface area contributed by atoms with Crippen molar-refractivity contribution in [3.63, 3.8) is 0 Å². The third-order valence-corrected chi connectivity index (χ3v) is 4.52. The molecule has 30 heavy (non-hydrogen) atoms. The number of aromatic nitrogens is 2. The molecule has 4 aromatic rings. The summed E-state index contributed by atoms with van der Waals surface area (Å²) >= 11 is 0.